The maximum Gasteiger partial charge on any atom is 0.338 e. The molecule has 0 radical (unpaired) electrons. The number of ether oxygens (including phenoxy) is 1. The van der Waals surface area contributed by atoms with Gasteiger partial charge in [-0.2, -0.15) is 0 Å². The lowest BCUT2D eigenvalue weighted by molar-refractivity contribution is -0.0410. The lowest BCUT2D eigenvalue weighted by atomic mass is 10.1. The fourth-order valence-electron chi connectivity index (χ4n) is 1.57. The van der Waals surface area contributed by atoms with Gasteiger partial charge in [0.25, 0.3) is 0 Å². The highest BCUT2D eigenvalue weighted by Crippen LogP contribution is 2.24. The minimum absolute atomic E-state index is 0.118. The predicted octanol–water partition coefficient (Wildman–Crippen LogP) is 1.31. The Bertz CT molecular complexity index is 447. The summed E-state index contributed by atoms with van der Waals surface area (Å²) in [5.41, 5.74) is 5.81. The zero-order chi connectivity index (χ0) is 12.4. The average molecular weight is 240 g/mol. The number of hydrogen-bond donors (Lipinski definition) is 3. The SMILES string of the molecule is Nc1cc(F)c(C(=O)O)cc1NCC1CCO1. The van der Waals surface area contributed by atoms with Crippen LogP contribution in [-0.2, 0) is 4.74 Å². The molecule has 17 heavy (non-hydrogen) atoms. The third-order valence-corrected chi connectivity index (χ3v) is 2.68. The zero-order valence-electron chi connectivity index (χ0n) is 9.07. The topological polar surface area (TPSA) is 84.6 Å². The summed E-state index contributed by atoms with van der Waals surface area (Å²) in [4.78, 5) is 10.8. The van der Waals surface area contributed by atoms with E-state index in [0.717, 1.165) is 19.1 Å². The third kappa shape index (κ3) is 2.47. The minimum atomic E-state index is -1.31. The minimum Gasteiger partial charge on any atom is -0.478 e. The van der Waals surface area contributed by atoms with Gasteiger partial charge in [0.2, 0.25) is 0 Å². The largest absolute Gasteiger partial charge is 0.478 e. The van der Waals surface area contributed by atoms with Crippen LogP contribution in [0.25, 0.3) is 0 Å². The highest BCUT2D eigenvalue weighted by Gasteiger charge is 2.19. The molecule has 1 fully saturated rings. The van der Waals surface area contributed by atoms with Crippen LogP contribution in [0.3, 0.4) is 0 Å². The Morgan fingerprint density at radius 3 is 2.88 bits per heavy atom. The van der Waals surface area contributed by atoms with Gasteiger partial charge in [0.05, 0.1) is 23.0 Å². The first-order chi connectivity index (χ1) is 8.08. The summed E-state index contributed by atoms with van der Waals surface area (Å²) in [7, 11) is 0. The molecule has 0 saturated carbocycles. The molecule has 1 heterocycles. The molecular formula is C11H13FN2O3. The zero-order valence-corrected chi connectivity index (χ0v) is 9.07. The Labute approximate surface area is 97.4 Å². The lowest BCUT2D eigenvalue weighted by Gasteiger charge is -2.27. The standard InChI is InChI=1S/C11H13FN2O3/c12-8-4-9(13)10(3-7(8)11(15)16)14-5-6-1-2-17-6/h3-4,6,14H,1-2,5,13H2,(H,15,16). The molecule has 0 aromatic heterocycles. The highest BCUT2D eigenvalue weighted by atomic mass is 19.1. The van der Waals surface area contributed by atoms with Crippen LogP contribution in [0.15, 0.2) is 12.1 Å². The van der Waals surface area contributed by atoms with Crippen molar-refractivity contribution in [3.05, 3.63) is 23.5 Å². The number of hydrogen-bond acceptors (Lipinski definition) is 4. The molecule has 92 valence electrons. The van der Waals surface area contributed by atoms with E-state index in [1.807, 2.05) is 0 Å². The number of nitrogens with two attached hydrogens (primary N) is 1. The molecule has 1 aromatic rings. The quantitative estimate of drug-likeness (QED) is 0.691. The van der Waals surface area contributed by atoms with Crippen LogP contribution in [0.1, 0.15) is 16.8 Å². The highest BCUT2D eigenvalue weighted by molar-refractivity contribution is 5.90. The first kappa shape index (κ1) is 11.7. The van der Waals surface area contributed by atoms with E-state index in [1.54, 1.807) is 0 Å². The van der Waals surface area contributed by atoms with Gasteiger partial charge in [-0.3, -0.25) is 0 Å². The molecule has 6 heteroatoms. The van der Waals surface area contributed by atoms with Crippen LogP contribution in [0.2, 0.25) is 0 Å². The molecule has 2 rings (SSSR count). The van der Waals surface area contributed by atoms with E-state index in [0.29, 0.717) is 12.2 Å². The number of anilines is 2. The smallest absolute Gasteiger partial charge is 0.338 e. The Morgan fingerprint density at radius 2 is 2.35 bits per heavy atom. The first-order valence-electron chi connectivity index (χ1n) is 5.25. The second-order valence-electron chi connectivity index (χ2n) is 3.89. The van der Waals surface area contributed by atoms with Crippen LogP contribution >= 0.6 is 0 Å². The maximum atomic E-state index is 13.2. The van der Waals surface area contributed by atoms with Crippen molar-refractivity contribution in [1.29, 1.82) is 0 Å². The molecule has 0 aliphatic carbocycles. The fraction of sp³-hybridized carbons (Fsp3) is 0.364. The second kappa shape index (κ2) is 4.58. The van der Waals surface area contributed by atoms with Gasteiger partial charge in [0.15, 0.2) is 0 Å². The molecule has 1 unspecified atom stereocenters. The monoisotopic (exact) mass is 240 g/mol. The van der Waals surface area contributed by atoms with Gasteiger partial charge < -0.3 is 20.9 Å². The number of carbonyl (C=O) groups is 1. The molecule has 1 aliphatic heterocycles. The Hall–Kier alpha value is -1.82. The van der Waals surface area contributed by atoms with Gasteiger partial charge in [0.1, 0.15) is 5.82 Å². The third-order valence-electron chi connectivity index (χ3n) is 2.68. The predicted molar refractivity (Wildman–Crippen MR) is 60.6 cm³/mol. The van der Waals surface area contributed by atoms with Crippen LogP contribution in [-0.4, -0.2) is 30.3 Å². The maximum absolute atomic E-state index is 13.2. The van der Waals surface area contributed by atoms with E-state index in [2.05, 4.69) is 5.32 Å². The van der Waals surface area contributed by atoms with Crippen molar-refractivity contribution in [1.82, 2.24) is 0 Å². The van der Waals surface area contributed by atoms with Gasteiger partial charge in [0, 0.05) is 13.2 Å². The molecule has 0 bridgehead atoms. The summed E-state index contributed by atoms with van der Waals surface area (Å²) < 4.78 is 18.4. The number of halogens is 1. The van der Waals surface area contributed by atoms with E-state index in [9.17, 15) is 9.18 Å². The number of nitrogen functional groups attached to an aromatic ring is 1. The molecule has 4 N–H and O–H groups in total. The lowest BCUT2D eigenvalue weighted by Crippen LogP contribution is -2.33. The summed E-state index contributed by atoms with van der Waals surface area (Å²) in [6.45, 7) is 1.28. The fourth-order valence-corrected chi connectivity index (χ4v) is 1.57. The van der Waals surface area contributed by atoms with Crippen LogP contribution in [0.5, 0.6) is 0 Å². The van der Waals surface area contributed by atoms with E-state index in [-0.39, 0.29) is 11.8 Å². The Kier molecular flexibility index (Phi) is 3.14. The van der Waals surface area contributed by atoms with Gasteiger partial charge in [-0.15, -0.1) is 0 Å². The summed E-state index contributed by atoms with van der Waals surface area (Å²) in [5.74, 6) is -2.15. The molecule has 0 amide bonds. The number of benzene rings is 1. The van der Waals surface area contributed by atoms with Crippen molar-refractivity contribution in [2.24, 2.45) is 0 Å². The van der Waals surface area contributed by atoms with Crippen LogP contribution in [0, 0.1) is 5.82 Å². The molecular weight excluding hydrogens is 227 g/mol. The Balaban J connectivity index is 2.14. The molecule has 0 spiro atoms. The molecule has 1 aliphatic rings. The molecule has 1 saturated heterocycles. The van der Waals surface area contributed by atoms with Gasteiger partial charge in [-0.1, -0.05) is 0 Å². The number of aromatic carboxylic acids is 1. The average Bonchev–Trinajstić information content (AvgIpc) is 2.18. The van der Waals surface area contributed by atoms with E-state index < -0.39 is 17.3 Å². The second-order valence-corrected chi connectivity index (χ2v) is 3.89. The summed E-state index contributed by atoms with van der Waals surface area (Å²) in [6, 6.07) is 2.21. The van der Waals surface area contributed by atoms with Crippen molar-refractivity contribution >= 4 is 17.3 Å². The van der Waals surface area contributed by atoms with Crippen LogP contribution < -0.4 is 11.1 Å². The van der Waals surface area contributed by atoms with Crippen LogP contribution in [0.4, 0.5) is 15.8 Å². The Morgan fingerprint density at radius 1 is 1.65 bits per heavy atom. The summed E-state index contributed by atoms with van der Waals surface area (Å²) >= 11 is 0. The number of carboxylic acids is 1. The van der Waals surface area contributed by atoms with Gasteiger partial charge in [-0.25, -0.2) is 9.18 Å². The van der Waals surface area contributed by atoms with Crippen molar-refractivity contribution in [2.75, 3.05) is 24.2 Å². The van der Waals surface area contributed by atoms with Crippen molar-refractivity contribution in [3.8, 4) is 0 Å². The van der Waals surface area contributed by atoms with Gasteiger partial charge >= 0.3 is 5.97 Å². The number of nitrogens with one attached hydrogen (secondary N) is 1. The van der Waals surface area contributed by atoms with Crippen molar-refractivity contribution < 1.29 is 19.0 Å². The number of carboxylic acid groups (broad SMARTS) is 1. The van der Waals surface area contributed by atoms with E-state index in [1.165, 1.54) is 6.07 Å². The summed E-state index contributed by atoms with van der Waals surface area (Å²) in [6.07, 6.45) is 1.08. The summed E-state index contributed by atoms with van der Waals surface area (Å²) in [5, 5.41) is 11.7. The molecule has 1 atom stereocenters. The van der Waals surface area contributed by atoms with Gasteiger partial charge in [-0.05, 0) is 18.6 Å². The first-order valence-corrected chi connectivity index (χ1v) is 5.25. The molecule has 5 nitrogen and oxygen atoms in total. The molecule has 1 aromatic carbocycles. The van der Waals surface area contributed by atoms with Crippen molar-refractivity contribution in [3.63, 3.8) is 0 Å². The van der Waals surface area contributed by atoms with E-state index in [4.69, 9.17) is 15.6 Å². The normalized spacial score (nSPS) is 18.5. The number of rotatable bonds is 4. The van der Waals surface area contributed by atoms with E-state index >= 15 is 0 Å². The van der Waals surface area contributed by atoms with Crippen molar-refractivity contribution in [2.45, 2.75) is 12.5 Å².